The number of hydrogen-bond donors (Lipinski definition) is 0. The number of imidazole rings is 2. The van der Waals surface area contributed by atoms with Crippen molar-refractivity contribution in [3.8, 4) is 11.1 Å². The topological polar surface area (TPSA) is 156 Å². The third-order valence-corrected chi connectivity index (χ3v) is 20.9. The average molecular weight is 1300 g/mol. The van der Waals surface area contributed by atoms with Crippen LogP contribution in [-0.4, -0.2) is 110 Å². The highest BCUT2D eigenvalue weighted by atomic mass is 127. The van der Waals surface area contributed by atoms with E-state index in [1.165, 1.54) is 26.1 Å². The third-order valence-electron chi connectivity index (χ3n) is 16.8. The predicted octanol–water partition coefficient (Wildman–Crippen LogP) is 14.4. The summed E-state index contributed by atoms with van der Waals surface area (Å²) in [5.74, 6) is 3.78. The molecule has 3 aliphatic rings. The molecule has 0 radical (unpaired) electrons. The number of aryl methyl sites for hydroxylation is 4. The van der Waals surface area contributed by atoms with Gasteiger partial charge in [-0.2, -0.15) is 0 Å². The summed E-state index contributed by atoms with van der Waals surface area (Å²) in [6.07, 6.45) is 11.6. The van der Waals surface area contributed by atoms with E-state index in [0.717, 1.165) is 148 Å². The van der Waals surface area contributed by atoms with E-state index in [1.54, 1.807) is 12.7 Å². The molecule has 1 fully saturated rings. The zero-order chi connectivity index (χ0) is 60.5. The Hall–Kier alpha value is -6.53. The highest BCUT2D eigenvalue weighted by Crippen LogP contribution is 2.40. The molecule has 13 rings (SSSR count). The summed E-state index contributed by atoms with van der Waals surface area (Å²) in [5.41, 5.74) is 12.9. The van der Waals surface area contributed by atoms with Crippen LogP contribution in [0.25, 0.3) is 55.3 Å². The number of pyridine rings is 2. The summed E-state index contributed by atoms with van der Waals surface area (Å²) in [7, 11) is -2.63. The number of para-hydroxylation sites is 2. The first-order chi connectivity index (χ1) is 41.1. The molecule has 0 spiro atoms. The molecule has 86 heavy (non-hydrogen) atoms. The molecular formula is C66H80BIN12O4Si2. The van der Waals surface area contributed by atoms with Gasteiger partial charge >= 0.3 is 7.12 Å². The van der Waals surface area contributed by atoms with Gasteiger partial charge < -0.3 is 28.6 Å². The Bertz CT molecular complexity index is 4050. The number of nitrogens with zero attached hydrogens (tertiary/aromatic N) is 12. The maximum atomic E-state index is 6.13. The van der Waals surface area contributed by atoms with Crippen LogP contribution in [0.2, 0.25) is 51.4 Å². The largest absolute Gasteiger partial charge is 0.496 e. The van der Waals surface area contributed by atoms with Crippen LogP contribution in [-0.2, 0) is 45.1 Å². The summed E-state index contributed by atoms with van der Waals surface area (Å²) in [6, 6.07) is 36.4. The van der Waals surface area contributed by atoms with E-state index in [-0.39, 0.29) is 11.2 Å². The predicted molar refractivity (Wildman–Crippen MR) is 363 cm³/mol. The minimum absolute atomic E-state index is 0.369. The number of aromatic nitrogens is 10. The number of benzene rings is 4. The summed E-state index contributed by atoms with van der Waals surface area (Å²) in [6.45, 7) is 30.8. The van der Waals surface area contributed by atoms with E-state index in [0.29, 0.717) is 13.5 Å². The number of hydrogen-bond acceptors (Lipinski definition) is 14. The van der Waals surface area contributed by atoms with Gasteiger partial charge in [0.05, 0.1) is 22.2 Å². The second-order valence-corrected chi connectivity index (χ2v) is 38.7. The van der Waals surface area contributed by atoms with Crippen LogP contribution in [0.3, 0.4) is 0 Å². The Morgan fingerprint density at radius 1 is 0.547 bits per heavy atom. The molecule has 10 aromatic rings. The minimum Gasteiger partial charge on any atom is -0.399 e. The summed E-state index contributed by atoms with van der Waals surface area (Å²) < 4.78 is 29.4. The normalized spacial score (nSPS) is 15.6. The maximum Gasteiger partial charge on any atom is 0.496 e. The number of fused-ring (bicyclic) bond motifs is 6. The molecule has 0 amide bonds. The first-order valence-corrected chi connectivity index (χ1v) is 38.6. The average Bonchev–Trinajstić information content (AvgIpc) is 1.53. The molecule has 3 aliphatic heterocycles. The number of halogens is 1. The van der Waals surface area contributed by atoms with Gasteiger partial charge in [-0.15, -0.1) is 0 Å². The van der Waals surface area contributed by atoms with Gasteiger partial charge in [-0.1, -0.05) is 81.7 Å². The van der Waals surface area contributed by atoms with Gasteiger partial charge in [-0.25, -0.2) is 39.9 Å². The monoisotopic (exact) mass is 1300 g/mol. The van der Waals surface area contributed by atoms with Crippen LogP contribution in [0.5, 0.6) is 0 Å². The van der Waals surface area contributed by atoms with Crippen molar-refractivity contribution < 1.29 is 18.8 Å². The highest BCUT2D eigenvalue weighted by Gasteiger charge is 2.52. The lowest BCUT2D eigenvalue weighted by atomic mass is 9.80. The second kappa shape index (κ2) is 25.3. The van der Waals surface area contributed by atoms with Gasteiger partial charge in [0, 0.05) is 91.6 Å². The second-order valence-electron chi connectivity index (χ2n) is 26.2. The molecular weight excluding hydrogens is 1220 g/mol. The summed E-state index contributed by atoms with van der Waals surface area (Å²) >= 11 is 2.34. The molecule has 4 aromatic carbocycles. The number of ether oxygens (including phenoxy) is 2. The van der Waals surface area contributed by atoms with E-state index in [9.17, 15) is 0 Å². The molecule has 20 heteroatoms. The fourth-order valence-electron chi connectivity index (χ4n) is 11.1. The molecule has 0 saturated carbocycles. The molecule has 0 bridgehead atoms. The van der Waals surface area contributed by atoms with Crippen LogP contribution in [0.15, 0.2) is 122 Å². The van der Waals surface area contributed by atoms with Crippen molar-refractivity contribution in [3.63, 3.8) is 0 Å². The smallest absolute Gasteiger partial charge is 0.399 e. The quantitative estimate of drug-likeness (QED) is 0.0575. The van der Waals surface area contributed by atoms with Crippen LogP contribution in [0.4, 0.5) is 23.0 Å². The molecule has 1 saturated heterocycles. The first-order valence-electron chi connectivity index (χ1n) is 30.1. The Morgan fingerprint density at radius 2 is 1.03 bits per heavy atom. The lowest BCUT2D eigenvalue weighted by Crippen LogP contribution is -2.41. The highest BCUT2D eigenvalue weighted by molar-refractivity contribution is 14.1. The van der Waals surface area contributed by atoms with Gasteiger partial charge in [0.25, 0.3) is 0 Å². The molecule has 0 N–H and O–H groups in total. The number of anilines is 4. The van der Waals surface area contributed by atoms with Gasteiger partial charge in [0.2, 0.25) is 0 Å². The lowest BCUT2D eigenvalue weighted by Gasteiger charge is -2.32. The van der Waals surface area contributed by atoms with Gasteiger partial charge in [0.15, 0.2) is 11.3 Å². The lowest BCUT2D eigenvalue weighted by molar-refractivity contribution is 0.00578. The third kappa shape index (κ3) is 13.6. The Balaban J connectivity index is 0.000000141. The van der Waals surface area contributed by atoms with Gasteiger partial charge in [-0.3, -0.25) is 9.13 Å². The van der Waals surface area contributed by atoms with Crippen molar-refractivity contribution in [2.75, 3.05) is 36.1 Å². The van der Waals surface area contributed by atoms with Crippen LogP contribution < -0.4 is 15.3 Å². The SMILES string of the molecule is Cc1nc2cc(-c3ccc4ncnc(N5CCCc6ccccc65)c4c3)cnc2n1COCC[Si](C)(C)C.Cc1nc2cc(B3OC(C)(C)C(C)(C)O3)cnc2n1COCC[Si](C)(C)C.Ic1ccc2ncnc(N3CCCc4ccccc43)c2c1. The fraction of sp³-hybridized carbons (Fsp3) is 0.394. The minimum atomic E-state index is -1.12. The first kappa shape index (κ1) is 61.1. The Labute approximate surface area is 521 Å². The van der Waals surface area contributed by atoms with E-state index in [1.807, 2.05) is 36.9 Å². The molecule has 6 aromatic heterocycles. The maximum absolute atomic E-state index is 6.13. The van der Waals surface area contributed by atoms with Crippen LogP contribution in [0, 0.1) is 17.4 Å². The van der Waals surface area contributed by atoms with Crippen LogP contribution in [0.1, 0.15) is 63.3 Å². The van der Waals surface area contributed by atoms with E-state index in [2.05, 4.69) is 220 Å². The van der Waals surface area contributed by atoms with E-state index >= 15 is 0 Å². The fourth-order valence-corrected chi connectivity index (χ4v) is 13.1. The Kier molecular flexibility index (Phi) is 18.0. The molecule has 0 atom stereocenters. The van der Waals surface area contributed by atoms with Gasteiger partial charge in [-0.05, 0) is 173 Å². The molecule has 446 valence electrons. The summed E-state index contributed by atoms with van der Waals surface area (Å²) in [4.78, 5) is 41.9. The van der Waals surface area contributed by atoms with Crippen molar-refractivity contribution in [1.29, 1.82) is 0 Å². The molecule has 0 aliphatic carbocycles. The van der Waals surface area contributed by atoms with E-state index < -0.39 is 23.3 Å². The van der Waals surface area contributed by atoms with Crippen molar-refractivity contribution in [1.82, 2.24) is 49.0 Å². The zero-order valence-electron chi connectivity index (χ0n) is 52.0. The molecule has 9 heterocycles. The molecule has 16 nitrogen and oxygen atoms in total. The van der Waals surface area contributed by atoms with Crippen molar-refractivity contribution >= 4 is 118 Å². The molecule has 0 unspecified atom stereocenters. The van der Waals surface area contributed by atoms with Crippen molar-refractivity contribution in [2.24, 2.45) is 0 Å². The van der Waals surface area contributed by atoms with E-state index in [4.69, 9.17) is 33.7 Å². The van der Waals surface area contributed by atoms with Crippen LogP contribution >= 0.6 is 22.6 Å². The zero-order valence-corrected chi connectivity index (χ0v) is 56.1. The Morgan fingerprint density at radius 3 is 1.57 bits per heavy atom. The van der Waals surface area contributed by atoms with Crippen molar-refractivity contribution in [3.05, 3.63) is 148 Å². The van der Waals surface area contributed by atoms with Gasteiger partial charge in [0.1, 0.15) is 60.4 Å². The standard InChI is InChI=1S/C30H34N6OSi.C19H32BN3O3Si.C17H14IN3/c1-21-34-27-17-24(18-31-30(27)36(21)20-37-14-15-38(2,3)4)23-11-12-26-25(16-23)29(33-19-32-26)35-13-7-9-22-8-5-6-10-28(22)35;1-14-22-16-11-15(20-25-18(2,3)19(4,5)26-20)12-21-17(16)23(14)13-24-9-10-27(6,7)8;18-13-7-8-15-14(10-13)17(20-11-19-15)21-9-3-5-12-4-1-2-6-16(12)21/h5-6,8,10-12,16-19H,7,9,13-15,20H2,1-4H3;11-12H,9-10,13H2,1-8H3;1-2,4,6-8,10-11H,3,5,9H2. The number of rotatable bonds is 14. The summed E-state index contributed by atoms with van der Waals surface area (Å²) in [5, 5.41) is 2.17. The van der Waals surface area contributed by atoms with Crippen molar-refractivity contribution in [2.45, 2.75) is 143 Å².